The van der Waals surface area contributed by atoms with Crippen molar-refractivity contribution < 1.29 is 4.79 Å². The Morgan fingerprint density at radius 2 is 1.73 bits per heavy atom. The van der Waals surface area contributed by atoms with Gasteiger partial charge in [-0.2, -0.15) is 9.67 Å². The number of hydrogen-bond donors (Lipinski definition) is 2. The van der Waals surface area contributed by atoms with Crippen LogP contribution in [0.25, 0.3) is 5.69 Å². The number of carbonyl (C=O) groups excluding carboxylic acids is 1. The maximum absolute atomic E-state index is 12.0. The first-order chi connectivity index (χ1) is 12.8. The number of aromatic nitrogens is 3. The number of unbranched alkanes of at least 4 members (excludes halogenated alkanes) is 1. The molecule has 0 spiro atoms. The number of hydrogen-bond acceptors (Lipinski definition) is 4. The number of rotatable bonds is 8. The molecule has 3 rings (SSSR count). The summed E-state index contributed by atoms with van der Waals surface area (Å²) in [6, 6.07) is 19.8. The van der Waals surface area contributed by atoms with Gasteiger partial charge in [0.1, 0.15) is 0 Å². The summed E-state index contributed by atoms with van der Waals surface area (Å²) in [6.45, 7) is 2.68. The van der Waals surface area contributed by atoms with Crippen molar-refractivity contribution in [3.05, 3.63) is 66.2 Å². The molecule has 6 heteroatoms. The fraction of sp³-hybridized carbons (Fsp3) is 0.250. The van der Waals surface area contributed by atoms with Crippen molar-refractivity contribution in [3.63, 3.8) is 0 Å². The van der Waals surface area contributed by atoms with Crippen LogP contribution < -0.4 is 10.6 Å². The van der Waals surface area contributed by atoms with Crippen LogP contribution in [-0.4, -0.2) is 20.7 Å². The minimum Gasteiger partial charge on any atom is -0.350 e. The molecule has 3 aromatic rings. The molecule has 0 bridgehead atoms. The molecule has 0 radical (unpaired) electrons. The van der Waals surface area contributed by atoms with Gasteiger partial charge >= 0.3 is 0 Å². The number of carbonyl (C=O) groups is 1. The molecular formula is C20H23N5O. The maximum Gasteiger partial charge on any atom is 0.251 e. The fourth-order valence-electron chi connectivity index (χ4n) is 2.53. The van der Waals surface area contributed by atoms with E-state index in [1.54, 1.807) is 4.68 Å². The Hall–Kier alpha value is -3.15. The van der Waals surface area contributed by atoms with E-state index in [9.17, 15) is 4.79 Å². The van der Waals surface area contributed by atoms with Gasteiger partial charge in [0, 0.05) is 13.0 Å². The minimum absolute atomic E-state index is 0.0633. The minimum atomic E-state index is -0.0633. The van der Waals surface area contributed by atoms with Crippen LogP contribution in [0.4, 0.5) is 11.9 Å². The van der Waals surface area contributed by atoms with Crippen molar-refractivity contribution in [2.75, 3.05) is 10.6 Å². The lowest BCUT2D eigenvalue weighted by Crippen LogP contribution is -2.12. The molecule has 2 N–H and O–H groups in total. The second-order valence-electron chi connectivity index (χ2n) is 6.00. The molecule has 0 saturated heterocycles. The van der Waals surface area contributed by atoms with Gasteiger partial charge in [-0.1, -0.05) is 61.9 Å². The molecule has 2 aromatic carbocycles. The van der Waals surface area contributed by atoms with E-state index in [1.807, 2.05) is 60.7 Å². The summed E-state index contributed by atoms with van der Waals surface area (Å²) in [5.74, 6) is 0.836. The monoisotopic (exact) mass is 349 g/mol. The third-order valence-corrected chi connectivity index (χ3v) is 3.91. The topological polar surface area (TPSA) is 71.8 Å². The highest BCUT2D eigenvalue weighted by molar-refractivity contribution is 5.89. The molecule has 0 unspecified atom stereocenters. The zero-order valence-corrected chi connectivity index (χ0v) is 14.9. The summed E-state index contributed by atoms with van der Waals surface area (Å²) < 4.78 is 1.71. The predicted molar refractivity (Wildman–Crippen MR) is 103 cm³/mol. The molecule has 0 saturated carbocycles. The predicted octanol–water partition coefficient (Wildman–Crippen LogP) is 4.01. The van der Waals surface area contributed by atoms with Crippen LogP contribution in [0.15, 0.2) is 60.7 Å². The van der Waals surface area contributed by atoms with Gasteiger partial charge in [0.2, 0.25) is 11.9 Å². The highest BCUT2D eigenvalue weighted by atomic mass is 16.1. The van der Waals surface area contributed by atoms with Gasteiger partial charge in [-0.3, -0.25) is 10.1 Å². The first-order valence-electron chi connectivity index (χ1n) is 8.86. The van der Waals surface area contributed by atoms with Crippen LogP contribution >= 0.6 is 0 Å². The van der Waals surface area contributed by atoms with Gasteiger partial charge in [0.15, 0.2) is 0 Å². The van der Waals surface area contributed by atoms with Gasteiger partial charge in [-0.05, 0) is 24.1 Å². The van der Waals surface area contributed by atoms with Crippen LogP contribution in [0, 0.1) is 0 Å². The molecule has 0 aliphatic carbocycles. The lowest BCUT2D eigenvalue weighted by Gasteiger charge is -2.07. The van der Waals surface area contributed by atoms with E-state index in [4.69, 9.17) is 0 Å². The summed E-state index contributed by atoms with van der Waals surface area (Å²) in [4.78, 5) is 16.4. The van der Waals surface area contributed by atoms with Gasteiger partial charge in [-0.25, -0.2) is 0 Å². The van der Waals surface area contributed by atoms with Gasteiger partial charge in [0.25, 0.3) is 5.95 Å². The van der Waals surface area contributed by atoms with E-state index in [0.29, 0.717) is 24.9 Å². The maximum atomic E-state index is 12.0. The molecule has 1 aromatic heterocycles. The van der Waals surface area contributed by atoms with Gasteiger partial charge < -0.3 is 5.32 Å². The van der Waals surface area contributed by atoms with Crippen LogP contribution in [0.3, 0.4) is 0 Å². The van der Waals surface area contributed by atoms with Crippen molar-refractivity contribution in [2.24, 2.45) is 0 Å². The first-order valence-corrected chi connectivity index (χ1v) is 8.86. The Morgan fingerprint density at radius 3 is 2.42 bits per heavy atom. The van der Waals surface area contributed by atoms with E-state index in [0.717, 1.165) is 24.1 Å². The molecular weight excluding hydrogens is 326 g/mol. The number of benzene rings is 2. The van der Waals surface area contributed by atoms with E-state index >= 15 is 0 Å². The Bertz CT molecular complexity index is 830. The molecule has 134 valence electrons. The molecule has 0 aliphatic rings. The van der Waals surface area contributed by atoms with Crippen LogP contribution in [-0.2, 0) is 11.3 Å². The molecule has 0 atom stereocenters. The number of nitrogens with zero attached hydrogens (tertiary/aromatic N) is 3. The van der Waals surface area contributed by atoms with Gasteiger partial charge in [-0.15, -0.1) is 5.10 Å². The molecule has 6 nitrogen and oxygen atoms in total. The van der Waals surface area contributed by atoms with E-state index in [2.05, 4.69) is 27.6 Å². The highest BCUT2D eigenvalue weighted by Gasteiger charge is 2.13. The Balaban J connectivity index is 1.80. The molecule has 1 amide bonds. The number of anilines is 2. The van der Waals surface area contributed by atoms with Crippen LogP contribution in [0.1, 0.15) is 31.7 Å². The van der Waals surface area contributed by atoms with Crippen molar-refractivity contribution in [1.29, 1.82) is 0 Å². The second kappa shape index (κ2) is 8.80. The van der Waals surface area contributed by atoms with Gasteiger partial charge in [0.05, 0.1) is 5.69 Å². The normalized spacial score (nSPS) is 10.5. The van der Waals surface area contributed by atoms with Crippen LogP contribution in [0.5, 0.6) is 0 Å². The third kappa shape index (κ3) is 4.69. The average molecular weight is 349 g/mol. The lowest BCUT2D eigenvalue weighted by molar-refractivity contribution is -0.116. The quantitative estimate of drug-likeness (QED) is 0.644. The Kier molecular flexibility index (Phi) is 5.98. The van der Waals surface area contributed by atoms with Crippen molar-refractivity contribution in [2.45, 2.75) is 32.7 Å². The summed E-state index contributed by atoms with van der Waals surface area (Å²) >= 11 is 0. The number of nitrogens with one attached hydrogen (secondary N) is 2. The SMILES string of the molecule is CCCCC(=O)Nc1nc(NCc2ccccc2)n(-c2ccccc2)n1. The number of amides is 1. The largest absolute Gasteiger partial charge is 0.350 e. The standard InChI is InChI=1S/C20H23N5O/c1-2-3-14-18(26)22-19-23-20(21-15-16-10-6-4-7-11-16)25(24-19)17-12-8-5-9-13-17/h4-13H,2-3,14-15H2,1H3,(H2,21,22,23,24,26). The zero-order chi connectivity index (χ0) is 18.2. The molecule has 0 fully saturated rings. The third-order valence-electron chi connectivity index (χ3n) is 3.91. The highest BCUT2D eigenvalue weighted by Crippen LogP contribution is 2.17. The van der Waals surface area contributed by atoms with Crippen molar-refractivity contribution in [1.82, 2.24) is 14.8 Å². The fourth-order valence-corrected chi connectivity index (χ4v) is 2.53. The van der Waals surface area contributed by atoms with E-state index < -0.39 is 0 Å². The molecule has 26 heavy (non-hydrogen) atoms. The summed E-state index contributed by atoms with van der Waals surface area (Å²) in [7, 11) is 0. The van der Waals surface area contributed by atoms with Crippen molar-refractivity contribution >= 4 is 17.8 Å². The van der Waals surface area contributed by atoms with Crippen molar-refractivity contribution in [3.8, 4) is 5.69 Å². The first kappa shape index (κ1) is 17.7. The van der Waals surface area contributed by atoms with E-state index in [1.165, 1.54) is 0 Å². The average Bonchev–Trinajstić information content (AvgIpc) is 3.09. The number of para-hydroxylation sites is 1. The lowest BCUT2D eigenvalue weighted by atomic mass is 10.2. The smallest absolute Gasteiger partial charge is 0.251 e. The Labute approximate surface area is 153 Å². The van der Waals surface area contributed by atoms with Crippen LogP contribution in [0.2, 0.25) is 0 Å². The summed E-state index contributed by atoms with van der Waals surface area (Å²) in [5, 5.41) is 10.5. The molecule has 0 aliphatic heterocycles. The summed E-state index contributed by atoms with van der Waals surface area (Å²) in [5.41, 5.74) is 2.02. The second-order valence-corrected chi connectivity index (χ2v) is 6.00. The summed E-state index contributed by atoms with van der Waals surface area (Å²) in [6.07, 6.45) is 2.30. The van der Waals surface area contributed by atoms with E-state index in [-0.39, 0.29) is 5.91 Å². The Morgan fingerprint density at radius 1 is 1.04 bits per heavy atom. The zero-order valence-electron chi connectivity index (χ0n) is 14.9. The molecule has 1 heterocycles.